The monoisotopic (exact) mass is 1830 g/mol. The Morgan fingerprint density at radius 3 is 0.789 bits per heavy atom. The molecule has 3 saturated heterocycles. The van der Waals surface area contributed by atoms with Crippen molar-refractivity contribution in [1.29, 1.82) is 0 Å². The Hall–Kier alpha value is -9.41. The topological polar surface area (TPSA) is 573 Å². The highest BCUT2D eigenvalue weighted by Gasteiger charge is 2.55. The molecule has 3 fully saturated rings. The highest BCUT2D eigenvalue weighted by molar-refractivity contribution is 5.80. The minimum absolute atomic E-state index is 0.0144. The molecule has 8 amide bonds. The molecule has 0 aliphatic carbocycles. The third kappa shape index (κ3) is 49.4. The van der Waals surface area contributed by atoms with Crippen LogP contribution in [0.25, 0.3) is 0 Å². The second kappa shape index (κ2) is 64.4. The normalized spacial score (nSPS) is 22.2. The molecular formula is C84H138N8O36. The van der Waals surface area contributed by atoms with Crippen molar-refractivity contribution in [3.8, 4) is 0 Å². The number of carbonyl (C=O) groups excluding carboxylic acids is 17. The molecule has 44 heteroatoms. The number of rotatable bonds is 65. The van der Waals surface area contributed by atoms with E-state index in [9.17, 15) is 81.5 Å². The van der Waals surface area contributed by atoms with Gasteiger partial charge in [0.15, 0.2) is 55.5 Å². The zero-order valence-corrected chi connectivity index (χ0v) is 76.0. The predicted molar refractivity (Wildman–Crippen MR) is 444 cm³/mol. The Bertz CT molecular complexity index is 3160. The summed E-state index contributed by atoms with van der Waals surface area (Å²) < 4.78 is 103. The van der Waals surface area contributed by atoms with Gasteiger partial charge in [-0.3, -0.25) is 81.5 Å². The lowest BCUT2D eigenvalue weighted by Gasteiger charge is -2.44. The van der Waals surface area contributed by atoms with Gasteiger partial charge in [0.25, 0.3) is 0 Å². The van der Waals surface area contributed by atoms with E-state index in [1.165, 1.54) is 41.5 Å². The summed E-state index contributed by atoms with van der Waals surface area (Å²) in [6, 6.07) is -3.42. The fourth-order valence-corrected chi connectivity index (χ4v) is 13.8. The van der Waals surface area contributed by atoms with Crippen LogP contribution in [-0.4, -0.2) is 316 Å². The number of nitrogens with one attached hydrogen (secondary N) is 8. The van der Waals surface area contributed by atoms with Crippen LogP contribution in [0.5, 0.6) is 0 Å². The van der Waals surface area contributed by atoms with Crippen molar-refractivity contribution >= 4 is 101 Å². The molecule has 730 valence electrons. The number of carbonyl (C=O) groups is 17. The smallest absolute Gasteiger partial charge is 0.303 e. The van der Waals surface area contributed by atoms with E-state index in [0.717, 1.165) is 54.4 Å². The first-order chi connectivity index (χ1) is 60.9. The molecule has 3 aliphatic heterocycles. The lowest BCUT2D eigenvalue weighted by Crippen LogP contribution is -2.66. The van der Waals surface area contributed by atoms with Crippen molar-refractivity contribution in [2.24, 2.45) is 0 Å². The molecule has 0 saturated carbocycles. The van der Waals surface area contributed by atoms with E-state index in [-0.39, 0.29) is 148 Å². The van der Waals surface area contributed by atoms with Gasteiger partial charge in [-0.15, -0.1) is 0 Å². The van der Waals surface area contributed by atoms with Crippen LogP contribution in [0.3, 0.4) is 0 Å². The molecule has 9 N–H and O–H groups in total. The predicted octanol–water partition coefficient (Wildman–Crippen LogP) is 0.949. The van der Waals surface area contributed by atoms with Crippen LogP contribution in [0.15, 0.2) is 0 Å². The number of hydrogen-bond acceptors (Lipinski definition) is 36. The Labute approximate surface area is 746 Å². The molecule has 3 aliphatic rings. The van der Waals surface area contributed by atoms with E-state index in [2.05, 4.69) is 42.5 Å². The number of amides is 8. The average molecular weight is 1840 g/mol. The molecule has 0 radical (unpaired) electrons. The van der Waals surface area contributed by atoms with E-state index in [4.69, 9.17) is 90.4 Å². The standard InChI is InChI=1S/C84H138N8O36/c1-52(94)89-72-78(123-61(10)103)75(120-58(7)100)64(46-117-55(4)97)126-81(72)114-40-26-18-14-22-36-86-68(107)32-43-111-49-84(92-71(110)31-29-30-67(106)85-35-21-13-17-25-39-93,50-112-44-33-69(108)87-37-23-15-19-27-41-115-82-73(90-53(2)95)79(124-62(11)104)76(121-59(8)101)65(127-82)47-118-56(5)98)51-113-45-34-70(109)88-38-24-16-20-28-42-116-83-74(91-54(3)96)80(125-63(12)105)77(122-60(9)102)66(128-83)48-119-57(6)99/h64-66,72-83,93H,13-51H2,1-12H3,(H,85,106)(H,86,107)(H,87,108)(H,88,109)(H,89,94)(H,90,95)(H,91,96)(H,92,110)/t64-,65-,66-,72-,73-,74-,75+,76+,77+,78-,79-,80-,81?,82?,83?,84?/m1/s1. The van der Waals surface area contributed by atoms with Crippen LogP contribution in [-0.2, 0) is 167 Å². The molecule has 0 aromatic heterocycles. The lowest BCUT2D eigenvalue weighted by molar-refractivity contribution is -0.277. The van der Waals surface area contributed by atoms with E-state index in [1.807, 2.05) is 0 Å². The number of aliphatic hydroxyl groups is 1. The van der Waals surface area contributed by atoms with Crippen molar-refractivity contribution in [3.63, 3.8) is 0 Å². The summed E-state index contributed by atoms with van der Waals surface area (Å²) in [6.07, 6.45) is -5.62. The van der Waals surface area contributed by atoms with Crippen molar-refractivity contribution < 1.29 is 172 Å². The number of unbranched alkanes of at least 4 members (excludes halogenated alkanes) is 12. The van der Waals surface area contributed by atoms with E-state index >= 15 is 0 Å². The third-order valence-electron chi connectivity index (χ3n) is 19.4. The molecule has 0 aromatic rings. The van der Waals surface area contributed by atoms with Crippen molar-refractivity contribution in [3.05, 3.63) is 0 Å². The van der Waals surface area contributed by atoms with Gasteiger partial charge in [0.05, 0.1) is 39.6 Å². The van der Waals surface area contributed by atoms with Gasteiger partial charge in [0.2, 0.25) is 47.3 Å². The third-order valence-corrected chi connectivity index (χ3v) is 19.4. The summed E-state index contributed by atoms with van der Waals surface area (Å²) in [6.45, 7) is 12.9. The van der Waals surface area contributed by atoms with Crippen molar-refractivity contribution in [2.75, 3.05) is 112 Å². The van der Waals surface area contributed by atoms with Crippen LogP contribution in [0.4, 0.5) is 0 Å². The largest absolute Gasteiger partial charge is 0.463 e. The molecule has 44 nitrogen and oxygen atoms in total. The summed E-state index contributed by atoms with van der Waals surface area (Å²) >= 11 is 0. The molecule has 3 rings (SSSR count). The Morgan fingerprint density at radius 1 is 0.281 bits per heavy atom. The fourth-order valence-electron chi connectivity index (χ4n) is 13.8. The maximum atomic E-state index is 14.1. The van der Waals surface area contributed by atoms with Crippen LogP contribution >= 0.6 is 0 Å². The first-order valence-electron chi connectivity index (χ1n) is 43.7. The van der Waals surface area contributed by atoms with Crippen LogP contribution in [0.1, 0.15) is 224 Å². The number of aliphatic hydroxyl groups excluding tert-OH is 1. The first-order valence-corrected chi connectivity index (χ1v) is 43.7. The van der Waals surface area contributed by atoms with E-state index in [1.54, 1.807) is 0 Å². The Kier molecular flexibility index (Phi) is 56.7. The first kappa shape index (κ1) is 113. The molecule has 3 heterocycles. The van der Waals surface area contributed by atoms with Gasteiger partial charge in [-0.2, -0.15) is 0 Å². The van der Waals surface area contributed by atoms with Crippen LogP contribution in [0, 0.1) is 0 Å². The molecular weight excluding hydrogens is 1700 g/mol. The minimum atomic E-state index is -1.52. The summed E-state index contributed by atoms with van der Waals surface area (Å²) in [5, 5.41) is 31.5. The molecule has 0 aromatic carbocycles. The van der Waals surface area contributed by atoms with E-state index < -0.39 is 195 Å². The maximum absolute atomic E-state index is 14.1. The van der Waals surface area contributed by atoms with Gasteiger partial charge in [0.1, 0.15) is 61.8 Å². The minimum Gasteiger partial charge on any atom is -0.463 e. The number of esters is 9. The lowest BCUT2D eigenvalue weighted by atomic mass is 9.96. The zero-order chi connectivity index (χ0) is 94.9. The van der Waals surface area contributed by atoms with Crippen LogP contribution < -0.4 is 42.5 Å². The van der Waals surface area contributed by atoms with Gasteiger partial charge >= 0.3 is 53.7 Å². The van der Waals surface area contributed by atoms with Crippen molar-refractivity contribution in [2.45, 2.75) is 322 Å². The second-order valence-corrected chi connectivity index (χ2v) is 31.1. The van der Waals surface area contributed by atoms with Gasteiger partial charge < -0.3 is 133 Å². The maximum Gasteiger partial charge on any atom is 0.303 e. The Balaban J connectivity index is 1.73. The van der Waals surface area contributed by atoms with Gasteiger partial charge in [-0.1, -0.05) is 51.4 Å². The summed E-state index contributed by atoms with van der Waals surface area (Å²) in [5.41, 5.74) is -1.52. The van der Waals surface area contributed by atoms with Crippen LogP contribution in [0.2, 0.25) is 0 Å². The Morgan fingerprint density at radius 2 is 0.531 bits per heavy atom. The second-order valence-electron chi connectivity index (χ2n) is 31.1. The summed E-state index contributed by atoms with van der Waals surface area (Å²) in [4.78, 5) is 213. The summed E-state index contributed by atoms with van der Waals surface area (Å²) in [5.74, 6) is -10.0. The quantitative estimate of drug-likeness (QED) is 0.0232. The molecule has 0 bridgehead atoms. The SMILES string of the molecule is CC(=O)N[C@H]1C(OCCCCCCNC(=O)CCOCC(COCCC(=O)NCCCCCCOC2O[C@H](COC(C)=O)[C@H](OC(C)=O)[C@H](OC(C)=O)[C@H]2NC(C)=O)(COCCC(=O)NCCCCCCOC2O[C@H](COC(C)=O)[C@H](OC(C)=O)[C@H](OC(C)=O)[C@H]2NC(C)=O)NC(=O)CCCC(=O)NCCCCCCO)O[C@H](COC(C)=O)[C@H](OC(C)=O)[C@@H]1OC(C)=O. The molecule has 15 atom stereocenters. The number of ether oxygens (including phenoxy) is 18. The van der Waals surface area contributed by atoms with Gasteiger partial charge in [0, 0.05) is 168 Å². The molecule has 128 heavy (non-hydrogen) atoms. The average Bonchev–Trinajstić information content (AvgIpc) is 0.795. The molecule has 0 spiro atoms. The molecule has 3 unspecified atom stereocenters. The summed E-state index contributed by atoms with van der Waals surface area (Å²) in [7, 11) is 0. The number of hydrogen-bond donors (Lipinski definition) is 9. The highest BCUT2D eigenvalue weighted by Crippen LogP contribution is 2.32. The van der Waals surface area contributed by atoms with Gasteiger partial charge in [-0.25, -0.2) is 0 Å². The fraction of sp³-hybridized carbons (Fsp3) is 0.798. The van der Waals surface area contributed by atoms with E-state index in [0.29, 0.717) is 96.4 Å². The van der Waals surface area contributed by atoms with Gasteiger partial charge in [-0.05, 0) is 57.8 Å². The van der Waals surface area contributed by atoms with Crippen molar-refractivity contribution in [1.82, 2.24) is 42.5 Å². The highest BCUT2D eigenvalue weighted by atomic mass is 16.7. The zero-order valence-electron chi connectivity index (χ0n) is 76.0.